The average molecular weight is 376 g/mol. The number of hydrogen-bond donors (Lipinski definition) is 0. The maximum atomic E-state index is 13.7. The first-order valence-corrected chi connectivity index (χ1v) is 11.1. The smallest absolute Gasteiger partial charge is 0.142 e. The molecule has 1 heterocycles. The van der Waals surface area contributed by atoms with Gasteiger partial charge in [0.25, 0.3) is 0 Å². The minimum atomic E-state index is 0.0333. The summed E-state index contributed by atoms with van der Waals surface area (Å²) < 4.78 is 5.36. The van der Waals surface area contributed by atoms with E-state index < -0.39 is 0 Å². The molecular formula is C25H29NO2. The van der Waals surface area contributed by atoms with Gasteiger partial charge < -0.3 is 4.74 Å². The van der Waals surface area contributed by atoms with Crippen LogP contribution in [0, 0.1) is 29.1 Å². The number of Topliss-reactive ketones (excluding diaryl/α,β-unsaturated/α-hetero) is 1. The van der Waals surface area contributed by atoms with Crippen molar-refractivity contribution in [2.45, 2.75) is 57.3 Å². The van der Waals surface area contributed by atoms with Crippen molar-refractivity contribution in [1.29, 1.82) is 0 Å². The van der Waals surface area contributed by atoms with E-state index in [0.717, 1.165) is 40.8 Å². The third kappa shape index (κ3) is 2.54. The highest BCUT2D eigenvalue weighted by Crippen LogP contribution is 2.64. The van der Waals surface area contributed by atoms with Crippen LogP contribution in [0.4, 0.5) is 0 Å². The molecule has 1 aromatic heterocycles. The molecule has 146 valence electrons. The van der Waals surface area contributed by atoms with E-state index in [-0.39, 0.29) is 11.3 Å². The number of ketones is 1. The summed E-state index contributed by atoms with van der Waals surface area (Å²) in [5.74, 6) is 4.60. The molecule has 3 heteroatoms. The van der Waals surface area contributed by atoms with Gasteiger partial charge in [-0.05, 0) is 85.6 Å². The fourth-order valence-corrected chi connectivity index (χ4v) is 7.16. The summed E-state index contributed by atoms with van der Waals surface area (Å²) in [5, 5.41) is 1.11. The van der Waals surface area contributed by atoms with E-state index in [1.54, 1.807) is 7.11 Å². The maximum Gasteiger partial charge on any atom is 0.142 e. The van der Waals surface area contributed by atoms with Crippen molar-refractivity contribution in [3.05, 3.63) is 36.0 Å². The Morgan fingerprint density at radius 1 is 1.11 bits per heavy atom. The summed E-state index contributed by atoms with van der Waals surface area (Å²) in [7, 11) is 1.70. The molecule has 6 unspecified atom stereocenters. The van der Waals surface area contributed by atoms with Crippen LogP contribution < -0.4 is 4.74 Å². The van der Waals surface area contributed by atoms with Crippen molar-refractivity contribution < 1.29 is 9.53 Å². The highest BCUT2D eigenvalue weighted by molar-refractivity contribution is 5.91. The molecule has 6 rings (SSSR count). The number of rotatable bonds is 4. The van der Waals surface area contributed by atoms with E-state index in [0.29, 0.717) is 11.7 Å². The van der Waals surface area contributed by atoms with E-state index >= 15 is 0 Å². The van der Waals surface area contributed by atoms with Gasteiger partial charge >= 0.3 is 0 Å². The topological polar surface area (TPSA) is 39.2 Å². The Hall–Kier alpha value is -1.90. The van der Waals surface area contributed by atoms with Crippen LogP contribution in [-0.4, -0.2) is 17.9 Å². The monoisotopic (exact) mass is 375 g/mol. The van der Waals surface area contributed by atoms with Crippen LogP contribution in [0.5, 0.6) is 5.75 Å². The molecule has 28 heavy (non-hydrogen) atoms. The lowest BCUT2D eigenvalue weighted by Crippen LogP contribution is -2.36. The molecule has 3 bridgehead atoms. The summed E-state index contributed by atoms with van der Waals surface area (Å²) in [5.41, 5.74) is 2.26. The summed E-state index contributed by atoms with van der Waals surface area (Å²) >= 11 is 0. The molecular weight excluding hydrogens is 346 g/mol. The SMILES string of the molecule is COc1ccc2ncc(C3CC3C(=O)C34CC5CCCC(C3)C(C5)C4)cc2c1. The average Bonchev–Trinajstić information content (AvgIpc) is 3.48. The van der Waals surface area contributed by atoms with Gasteiger partial charge in [-0.3, -0.25) is 9.78 Å². The van der Waals surface area contributed by atoms with Crippen LogP contribution in [0.15, 0.2) is 30.5 Å². The van der Waals surface area contributed by atoms with Crippen LogP contribution in [0.1, 0.15) is 62.8 Å². The zero-order valence-corrected chi connectivity index (χ0v) is 16.7. The Labute approximate surface area is 166 Å². The zero-order chi connectivity index (χ0) is 18.9. The number of fused-ring (bicyclic) bond motifs is 3. The Morgan fingerprint density at radius 3 is 2.89 bits per heavy atom. The number of methoxy groups -OCH3 is 1. The highest BCUT2D eigenvalue weighted by atomic mass is 16.5. The second-order valence-corrected chi connectivity index (χ2v) is 10.1. The molecule has 4 fully saturated rings. The first-order chi connectivity index (χ1) is 13.6. The lowest BCUT2D eigenvalue weighted by Gasteiger charge is -2.37. The largest absolute Gasteiger partial charge is 0.497 e. The Kier molecular flexibility index (Phi) is 3.67. The van der Waals surface area contributed by atoms with E-state index in [1.165, 1.54) is 50.5 Å². The first-order valence-electron chi connectivity index (χ1n) is 11.1. The number of benzene rings is 1. The van der Waals surface area contributed by atoms with Crippen LogP contribution in [0.25, 0.3) is 10.9 Å². The normalized spacial score (nSPS) is 38.4. The summed E-state index contributed by atoms with van der Waals surface area (Å²) in [6.45, 7) is 0. The second kappa shape index (κ2) is 6.05. The lowest BCUT2D eigenvalue weighted by molar-refractivity contribution is -0.132. The molecule has 6 atom stereocenters. The minimum absolute atomic E-state index is 0.0333. The molecule has 0 spiro atoms. The number of ether oxygens (including phenoxy) is 1. The molecule has 4 aliphatic rings. The molecule has 1 aromatic carbocycles. The fraction of sp³-hybridized carbons (Fsp3) is 0.600. The highest BCUT2D eigenvalue weighted by Gasteiger charge is 2.59. The van der Waals surface area contributed by atoms with Gasteiger partial charge in [0.05, 0.1) is 12.6 Å². The minimum Gasteiger partial charge on any atom is -0.497 e. The molecule has 3 nitrogen and oxygen atoms in total. The van der Waals surface area contributed by atoms with Crippen molar-refractivity contribution in [3.63, 3.8) is 0 Å². The molecule has 0 saturated heterocycles. The summed E-state index contributed by atoms with van der Waals surface area (Å²) in [4.78, 5) is 18.3. The van der Waals surface area contributed by atoms with Gasteiger partial charge in [-0.25, -0.2) is 0 Å². The Morgan fingerprint density at radius 2 is 2.00 bits per heavy atom. The van der Waals surface area contributed by atoms with Crippen LogP contribution in [-0.2, 0) is 4.79 Å². The van der Waals surface area contributed by atoms with Gasteiger partial charge in [-0.1, -0.05) is 19.3 Å². The second-order valence-electron chi connectivity index (χ2n) is 10.1. The van der Waals surface area contributed by atoms with Crippen molar-refractivity contribution in [2.75, 3.05) is 7.11 Å². The third-order valence-electron chi connectivity index (χ3n) is 8.46. The Balaban J connectivity index is 1.25. The predicted molar refractivity (Wildman–Crippen MR) is 109 cm³/mol. The van der Waals surface area contributed by atoms with Crippen molar-refractivity contribution in [3.8, 4) is 5.75 Å². The van der Waals surface area contributed by atoms with Crippen LogP contribution in [0.3, 0.4) is 0 Å². The van der Waals surface area contributed by atoms with Crippen LogP contribution >= 0.6 is 0 Å². The van der Waals surface area contributed by atoms with Gasteiger partial charge in [0.2, 0.25) is 0 Å². The van der Waals surface area contributed by atoms with E-state index in [2.05, 4.69) is 11.1 Å². The molecule has 4 aliphatic carbocycles. The van der Waals surface area contributed by atoms with Gasteiger partial charge in [0.15, 0.2) is 0 Å². The van der Waals surface area contributed by atoms with Crippen molar-refractivity contribution in [2.24, 2.45) is 29.1 Å². The van der Waals surface area contributed by atoms with Crippen molar-refractivity contribution in [1.82, 2.24) is 4.98 Å². The quantitative estimate of drug-likeness (QED) is 0.706. The summed E-state index contributed by atoms with van der Waals surface area (Å²) in [6, 6.07) is 8.24. The molecule has 0 N–H and O–H groups in total. The van der Waals surface area contributed by atoms with E-state index in [1.807, 2.05) is 24.4 Å². The number of carbonyl (C=O) groups is 1. The molecule has 2 aromatic rings. The first kappa shape index (κ1) is 17.0. The maximum absolute atomic E-state index is 13.7. The van der Waals surface area contributed by atoms with Crippen LogP contribution in [0.2, 0.25) is 0 Å². The molecule has 4 saturated carbocycles. The number of nitrogens with zero attached hydrogens (tertiary/aromatic N) is 1. The van der Waals surface area contributed by atoms with Gasteiger partial charge in [0, 0.05) is 22.9 Å². The fourth-order valence-electron chi connectivity index (χ4n) is 7.16. The van der Waals surface area contributed by atoms with Crippen molar-refractivity contribution >= 4 is 16.7 Å². The zero-order valence-electron chi connectivity index (χ0n) is 16.7. The van der Waals surface area contributed by atoms with E-state index in [4.69, 9.17) is 4.74 Å². The number of carbonyl (C=O) groups excluding carboxylic acids is 1. The molecule has 0 aliphatic heterocycles. The number of pyridine rings is 1. The third-order valence-corrected chi connectivity index (χ3v) is 8.46. The van der Waals surface area contributed by atoms with Gasteiger partial charge in [-0.2, -0.15) is 0 Å². The Bertz CT molecular complexity index is 949. The predicted octanol–water partition coefficient (Wildman–Crippen LogP) is 5.52. The molecule has 0 amide bonds. The number of aromatic nitrogens is 1. The molecule has 0 radical (unpaired) electrons. The van der Waals surface area contributed by atoms with E-state index in [9.17, 15) is 4.79 Å². The van der Waals surface area contributed by atoms with Gasteiger partial charge in [0.1, 0.15) is 11.5 Å². The standard InChI is InChI=1S/C25H29NO2/c1-28-20-5-6-23-17(9-20)8-19(14-26-23)21-10-22(21)24(27)25-11-15-3-2-4-16(12-25)18(7-15)13-25/h5-6,8-9,14-16,18,21-22H,2-4,7,10-13H2,1H3. The number of hydrogen-bond acceptors (Lipinski definition) is 3. The lowest BCUT2D eigenvalue weighted by atomic mass is 9.66. The summed E-state index contributed by atoms with van der Waals surface area (Å²) in [6.07, 6.45) is 12.2. The van der Waals surface area contributed by atoms with Gasteiger partial charge in [-0.15, -0.1) is 0 Å².